The van der Waals surface area contributed by atoms with Crippen LogP contribution in [0.25, 0.3) is 11.1 Å². The first kappa shape index (κ1) is 25.2. The Labute approximate surface area is 206 Å². The van der Waals surface area contributed by atoms with Gasteiger partial charge in [-0.25, -0.2) is 0 Å². The van der Waals surface area contributed by atoms with Crippen molar-refractivity contribution in [3.05, 3.63) is 94.0 Å². The molecule has 0 spiro atoms. The minimum absolute atomic E-state index is 0.0218. The maximum atomic E-state index is 13.0. The minimum atomic E-state index is -4.38. The van der Waals surface area contributed by atoms with Crippen LogP contribution in [0.2, 0.25) is 5.02 Å². The molecule has 8 heteroatoms. The van der Waals surface area contributed by atoms with E-state index in [0.29, 0.717) is 23.6 Å². The van der Waals surface area contributed by atoms with Crippen LogP contribution in [0, 0.1) is 0 Å². The quantitative estimate of drug-likeness (QED) is 0.360. The highest BCUT2D eigenvalue weighted by Gasteiger charge is 2.33. The third-order valence-corrected chi connectivity index (χ3v) is 6.40. The van der Waals surface area contributed by atoms with Crippen LogP contribution in [0.3, 0.4) is 0 Å². The Kier molecular flexibility index (Phi) is 7.50. The Bertz CT molecular complexity index is 1180. The fraction of sp³-hybridized carbons (Fsp3) is 0.296. The molecule has 4 nitrogen and oxygen atoms in total. The van der Waals surface area contributed by atoms with Crippen molar-refractivity contribution in [2.45, 2.75) is 31.2 Å². The van der Waals surface area contributed by atoms with Crippen molar-refractivity contribution in [2.24, 2.45) is 0 Å². The molecule has 35 heavy (non-hydrogen) atoms. The van der Waals surface area contributed by atoms with Crippen LogP contribution < -0.4 is 0 Å². The van der Waals surface area contributed by atoms with Gasteiger partial charge in [0.1, 0.15) is 6.10 Å². The molecule has 1 aliphatic rings. The lowest BCUT2D eigenvalue weighted by molar-refractivity contribution is -0.138. The van der Waals surface area contributed by atoms with Crippen molar-refractivity contribution in [1.82, 2.24) is 4.90 Å². The number of rotatable bonds is 8. The van der Waals surface area contributed by atoms with Gasteiger partial charge in [0.25, 0.3) is 0 Å². The van der Waals surface area contributed by atoms with Crippen LogP contribution in [0.15, 0.2) is 66.7 Å². The Morgan fingerprint density at radius 1 is 1.00 bits per heavy atom. The van der Waals surface area contributed by atoms with Crippen molar-refractivity contribution in [2.75, 3.05) is 20.1 Å². The van der Waals surface area contributed by atoms with Gasteiger partial charge in [-0.2, -0.15) is 13.2 Å². The molecule has 0 aromatic heterocycles. The van der Waals surface area contributed by atoms with E-state index in [1.54, 1.807) is 24.1 Å². The number of hydrogen-bond donors (Lipinski definition) is 1. The van der Waals surface area contributed by atoms with Crippen molar-refractivity contribution in [3.8, 4) is 11.1 Å². The third kappa shape index (κ3) is 6.04. The van der Waals surface area contributed by atoms with E-state index < -0.39 is 17.7 Å². The average molecular weight is 504 g/mol. The van der Waals surface area contributed by atoms with Gasteiger partial charge in [0, 0.05) is 5.02 Å². The topological polar surface area (TPSA) is 49.8 Å². The molecule has 2 atom stereocenters. The second-order valence-electron chi connectivity index (χ2n) is 8.75. The molecule has 3 aromatic rings. The molecule has 0 bridgehead atoms. The van der Waals surface area contributed by atoms with E-state index in [-0.39, 0.29) is 18.8 Å². The summed E-state index contributed by atoms with van der Waals surface area (Å²) >= 11 is 6.06. The molecule has 0 fully saturated rings. The molecule has 3 aromatic carbocycles. The zero-order valence-electron chi connectivity index (χ0n) is 19.1. The highest BCUT2D eigenvalue weighted by atomic mass is 35.5. The number of likely N-dealkylation sites (N-methyl/N-ethyl adjacent to an activating group) is 1. The highest BCUT2D eigenvalue weighted by molar-refractivity contribution is 6.30. The second-order valence-corrected chi connectivity index (χ2v) is 9.19. The molecule has 1 N–H and O–H groups in total. The Morgan fingerprint density at radius 2 is 1.66 bits per heavy atom. The number of aliphatic carboxylic acids is 1. The monoisotopic (exact) mass is 503 g/mol. The minimum Gasteiger partial charge on any atom is -0.480 e. The summed E-state index contributed by atoms with van der Waals surface area (Å²) in [6, 6.07) is 18.4. The van der Waals surface area contributed by atoms with Crippen molar-refractivity contribution >= 4 is 17.6 Å². The predicted octanol–water partition coefficient (Wildman–Crippen LogP) is 6.98. The molecule has 2 unspecified atom stereocenters. The van der Waals surface area contributed by atoms with Gasteiger partial charge >= 0.3 is 12.1 Å². The number of nitrogens with zero attached hydrogens (tertiary/aromatic N) is 1. The van der Waals surface area contributed by atoms with Crippen molar-refractivity contribution in [3.63, 3.8) is 0 Å². The van der Waals surface area contributed by atoms with Crippen molar-refractivity contribution in [1.29, 1.82) is 0 Å². The van der Waals surface area contributed by atoms with E-state index in [1.165, 1.54) is 12.1 Å². The molecule has 4 rings (SSSR count). The molecule has 0 amide bonds. The van der Waals surface area contributed by atoms with E-state index in [2.05, 4.69) is 0 Å². The Morgan fingerprint density at radius 3 is 2.29 bits per heavy atom. The first-order chi connectivity index (χ1) is 16.6. The molecule has 0 radical (unpaired) electrons. The standard InChI is InChI=1S/C27H25ClF3NO3/c1-32(16-25(33)34)14-2-3-24-22-13-8-19(17-4-9-20(10-5-17)27(29,30)31)15-23(22)26(35-24)18-6-11-21(28)12-7-18/h4-13,15,24,26H,2-3,14,16H2,1H3,(H,33,34). The molecule has 0 saturated carbocycles. The SMILES string of the molecule is CN(CCCC1OC(c2ccc(Cl)cc2)c2cc(-c3ccc(C(F)(F)F)cc3)ccc21)CC(=O)O. The summed E-state index contributed by atoms with van der Waals surface area (Å²) in [4.78, 5) is 12.7. The van der Waals surface area contributed by atoms with E-state index >= 15 is 0 Å². The largest absolute Gasteiger partial charge is 0.480 e. The Hall–Kier alpha value is -2.87. The van der Waals surface area contributed by atoms with Crippen LogP contribution in [0.1, 0.15) is 47.3 Å². The van der Waals surface area contributed by atoms with Gasteiger partial charge in [0.15, 0.2) is 0 Å². The van der Waals surface area contributed by atoms with Gasteiger partial charge in [0.2, 0.25) is 0 Å². The number of alkyl halides is 3. The fourth-order valence-electron chi connectivity index (χ4n) is 4.41. The van der Waals surface area contributed by atoms with E-state index in [0.717, 1.165) is 40.8 Å². The van der Waals surface area contributed by atoms with Gasteiger partial charge in [-0.15, -0.1) is 0 Å². The third-order valence-electron chi connectivity index (χ3n) is 6.15. The summed E-state index contributed by atoms with van der Waals surface area (Å²) in [6.45, 7) is 0.600. The number of carboxylic acids is 1. The molecular formula is C27H25ClF3NO3. The number of carboxylic acid groups (broad SMARTS) is 1. The number of fused-ring (bicyclic) bond motifs is 1. The van der Waals surface area contributed by atoms with Gasteiger partial charge in [-0.05, 0) is 84.6 Å². The zero-order chi connectivity index (χ0) is 25.2. The molecule has 184 valence electrons. The number of benzene rings is 3. The maximum absolute atomic E-state index is 13.0. The molecule has 0 aliphatic carbocycles. The summed E-state index contributed by atoms with van der Waals surface area (Å²) in [7, 11) is 1.77. The first-order valence-electron chi connectivity index (χ1n) is 11.2. The van der Waals surface area contributed by atoms with Gasteiger partial charge in [-0.1, -0.05) is 48.0 Å². The molecule has 1 heterocycles. The summed E-state index contributed by atoms with van der Waals surface area (Å²) in [5, 5.41) is 9.56. The number of ether oxygens (including phenoxy) is 1. The fourth-order valence-corrected chi connectivity index (χ4v) is 4.54. The maximum Gasteiger partial charge on any atom is 0.416 e. The summed E-state index contributed by atoms with van der Waals surface area (Å²) in [5.41, 5.74) is 3.75. The van der Waals surface area contributed by atoms with Crippen LogP contribution in [-0.4, -0.2) is 36.1 Å². The lowest BCUT2D eigenvalue weighted by atomic mass is 9.92. The summed E-state index contributed by atoms with van der Waals surface area (Å²) in [6.07, 6.45) is -3.43. The van der Waals surface area contributed by atoms with Gasteiger partial charge in [-0.3, -0.25) is 9.69 Å². The molecular weight excluding hydrogens is 479 g/mol. The van der Waals surface area contributed by atoms with Crippen LogP contribution in [0.5, 0.6) is 0 Å². The normalized spacial score (nSPS) is 17.5. The second kappa shape index (κ2) is 10.4. The summed E-state index contributed by atoms with van der Waals surface area (Å²) in [5.74, 6) is -0.867. The lowest BCUT2D eigenvalue weighted by Crippen LogP contribution is -2.26. The van der Waals surface area contributed by atoms with E-state index in [1.807, 2.05) is 30.3 Å². The van der Waals surface area contributed by atoms with Crippen LogP contribution >= 0.6 is 11.6 Å². The zero-order valence-corrected chi connectivity index (χ0v) is 19.8. The number of hydrogen-bond acceptors (Lipinski definition) is 3. The van der Waals surface area contributed by atoms with Crippen LogP contribution in [-0.2, 0) is 15.7 Å². The van der Waals surface area contributed by atoms with Gasteiger partial charge < -0.3 is 9.84 Å². The number of carbonyl (C=O) groups is 1. The smallest absolute Gasteiger partial charge is 0.416 e. The van der Waals surface area contributed by atoms with Gasteiger partial charge in [0.05, 0.1) is 18.2 Å². The molecule has 0 saturated heterocycles. The number of halogens is 4. The predicted molar refractivity (Wildman–Crippen MR) is 128 cm³/mol. The summed E-state index contributed by atoms with van der Waals surface area (Å²) < 4.78 is 45.4. The Balaban J connectivity index is 1.60. The van der Waals surface area contributed by atoms with E-state index in [4.69, 9.17) is 21.4 Å². The molecule has 1 aliphatic heterocycles. The average Bonchev–Trinajstić information content (AvgIpc) is 3.16. The van der Waals surface area contributed by atoms with E-state index in [9.17, 15) is 18.0 Å². The lowest BCUT2D eigenvalue weighted by Gasteiger charge is -2.17. The highest BCUT2D eigenvalue weighted by Crippen LogP contribution is 2.46. The van der Waals surface area contributed by atoms with Crippen molar-refractivity contribution < 1.29 is 27.8 Å². The first-order valence-corrected chi connectivity index (χ1v) is 11.6. The van der Waals surface area contributed by atoms with Crippen LogP contribution in [0.4, 0.5) is 13.2 Å².